The molecule has 3 aromatic carbocycles. The van der Waals surface area contributed by atoms with Gasteiger partial charge in [-0.15, -0.1) is 0 Å². The average molecular weight is 517 g/mol. The zero-order valence-electron chi connectivity index (χ0n) is 19.9. The molecular weight excluding hydrogens is 495 g/mol. The highest BCUT2D eigenvalue weighted by molar-refractivity contribution is 6.36. The maximum atomic E-state index is 12.7. The molecule has 180 valence electrons. The first-order chi connectivity index (χ1) is 17.3. The summed E-state index contributed by atoms with van der Waals surface area (Å²) in [6.07, 6.45) is 3.02. The van der Waals surface area contributed by atoms with Gasteiger partial charge < -0.3 is 14.2 Å². The largest absolute Gasteiger partial charge is 0.457 e. The lowest BCUT2D eigenvalue weighted by Gasteiger charge is -2.08. The lowest BCUT2D eigenvalue weighted by Crippen LogP contribution is -2.09. The number of carbonyl (C=O) groups is 1. The third kappa shape index (κ3) is 4.94. The van der Waals surface area contributed by atoms with Gasteiger partial charge in [-0.1, -0.05) is 29.3 Å². The van der Waals surface area contributed by atoms with Crippen molar-refractivity contribution in [2.24, 2.45) is 0 Å². The van der Waals surface area contributed by atoms with Crippen LogP contribution in [0.5, 0.6) is 0 Å². The monoisotopic (exact) mass is 516 g/mol. The van der Waals surface area contributed by atoms with Crippen LogP contribution in [0.3, 0.4) is 0 Å². The van der Waals surface area contributed by atoms with E-state index in [1.165, 1.54) is 6.08 Å². The minimum Gasteiger partial charge on any atom is -0.457 e. The maximum Gasteiger partial charge on any atom is 0.248 e. The van der Waals surface area contributed by atoms with E-state index in [0.717, 1.165) is 38.9 Å². The van der Waals surface area contributed by atoms with Gasteiger partial charge >= 0.3 is 0 Å². The second kappa shape index (κ2) is 9.69. The number of amides is 1. The standard InChI is InChI=1S/C29H22Cl2N2O3/c1-16-4-5-19(29-33-25-12-17(2)18(3)13-27(25)36-29)14-24(16)32-28(34)11-8-21-7-10-26(35-21)22-9-6-20(30)15-23(22)31/h4-15H,1-3H3,(H,32,34)/b11-8+. The van der Waals surface area contributed by atoms with Crippen LogP contribution in [-0.2, 0) is 4.79 Å². The van der Waals surface area contributed by atoms with E-state index >= 15 is 0 Å². The molecule has 5 nitrogen and oxygen atoms in total. The number of oxazole rings is 1. The molecule has 1 N–H and O–H groups in total. The molecule has 2 heterocycles. The second-order valence-corrected chi connectivity index (χ2v) is 9.45. The number of hydrogen-bond donors (Lipinski definition) is 1. The molecule has 5 rings (SSSR count). The van der Waals surface area contributed by atoms with Crippen molar-refractivity contribution in [2.75, 3.05) is 5.32 Å². The SMILES string of the molecule is Cc1cc2nc(-c3ccc(C)c(NC(=O)/C=C/c4ccc(-c5ccc(Cl)cc5Cl)o4)c3)oc2cc1C. The number of rotatable bonds is 5. The molecule has 1 amide bonds. The smallest absolute Gasteiger partial charge is 0.248 e. The molecule has 0 fully saturated rings. The maximum absolute atomic E-state index is 12.7. The quantitative estimate of drug-likeness (QED) is 0.237. The van der Waals surface area contributed by atoms with Crippen LogP contribution in [0.25, 0.3) is 40.0 Å². The Kier molecular flexibility index (Phi) is 6.44. The minimum atomic E-state index is -0.290. The summed E-state index contributed by atoms with van der Waals surface area (Å²) in [6, 6.07) is 18.5. The lowest BCUT2D eigenvalue weighted by atomic mass is 10.1. The van der Waals surface area contributed by atoms with Gasteiger partial charge in [0.05, 0.1) is 5.02 Å². The molecule has 7 heteroatoms. The van der Waals surface area contributed by atoms with Gasteiger partial charge in [0.25, 0.3) is 0 Å². The number of hydrogen-bond acceptors (Lipinski definition) is 4. The summed E-state index contributed by atoms with van der Waals surface area (Å²) in [5.74, 6) is 1.32. The van der Waals surface area contributed by atoms with Crippen LogP contribution in [0.1, 0.15) is 22.5 Å². The number of fused-ring (bicyclic) bond motifs is 1. The molecule has 0 atom stereocenters. The molecule has 0 saturated heterocycles. The Hall–Kier alpha value is -3.80. The molecule has 0 radical (unpaired) electrons. The zero-order valence-corrected chi connectivity index (χ0v) is 21.4. The third-order valence-corrected chi connectivity index (χ3v) is 6.52. The molecular formula is C29H22Cl2N2O3. The topological polar surface area (TPSA) is 68.3 Å². The van der Waals surface area contributed by atoms with Gasteiger partial charge in [0, 0.05) is 27.9 Å². The molecule has 0 unspecified atom stereocenters. The van der Waals surface area contributed by atoms with Crippen molar-refractivity contribution < 1.29 is 13.6 Å². The highest BCUT2D eigenvalue weighted by Gasteiger charge is 2.13. The van der Waals surface area contributed by atoms with Crippen LogP contribution in [0.2, 0.25) is 10.0 Å². The van der Waals surface area contributed by atoms with Crippen molar-refractivity contribution in [3.05, 3.63) is 99.2 Å². The van der Waals surface area contributed by atoms with Crippen molar-refractivity contribution in [2.45, 2.75) is 20.8 Å². The fraction of sp³-hybridized carbons (Fsp3) is 0.103. The summed E-state index contributed by atoms with van der Waals surface area (Å²) < 4.78 is 11.8. The number of nitrogens with zero attached hydrogens (tertiary/aromatic N) is 1. The van der Waals surface area contributed by atoms with E-state index in [-0.39, 0.29) is 5.91 Å². The first kappa shape index (κ1) is 23.9. The van der Waals surface area contributed by atoms with Gasteiger partial charge in [-0.25, -0.2) is 4.98 Å². The number of furan rings is 1. The molecule has 0 saturated carbocycles. The summed E-state index contributed by atoms with van der Waals surface area (Å²) >= 11 is 12.2. The van der Waals surface area contributed by atoms with Crippen molar-refractivity contribution in [3.8, 4) is 22.8 Å². The lowest BCUT2D eigenvalue weighted by molar-refractivity contribution is -0.111. The van der Waals surface area contributed by atoms with Crippen LogP contribution < -0.4 is 5.32 Å². The number of nitrogens with one attached hydrogen (secondary N) is 1. The molecule has 0 spiro atoms. The third-order valence-electron chi connectivity index (χ3n) is 5.97. The van der Waals surface area contributed by atoms with Crippen molar-refractivity contribution >= 4 is 52.0 Å². The first-order valence-corrected chi connectivity index (χ1v) is 12.1. The Balaban J connectivity index is 1.33. The van der Waals surface area contributed by atoms with Crippen molar-refractivity contribution in [3.63, 3.8) is 0 Å². The van der Waals surface area contributed by atoms with Crippen LogP contribution in [0.15, 0.2) is 75.6 Å². The number of halogens is 2. The number of aromatic nitrogens is 1. The summed E-state index contributed by atoms with van der Waals surface area (Å²) in [5.41, 5.74) is 6.94. The van der Waals surface area contributed by atoms with Gasteiger partial charge in [-0.05, 0) is 98.1 Å². The second-order valence-electron chi connectivity index (χ2n) is 8.60. The average Bonchev–Trinajstić information content (AvgIpc) is 3.46. The Bertz CT molecular complexity index is 1610. The van der Waals surface area contributed by atoms with Gasteiger partial charge in [-0.3, -0.25) is 4.79 Å². The number of anilines is 1. The predicted molar refractivity (Wildman–Crippen MR) is 145 cm³/mol. The summed E-state index contributed by atoms with van der Waals surface area (Å²) in [5, 5.41) is 3.96. The summed E-state index contributed by atoms with van der Waals surface area (Å²) in [4.78, 5) is 17.3. The fourth-order valence-electron chi connectivity index (χ4n) is 3.80. The Morgan fingerprint density at radius 3 is 2.50 bits per heavy atom. The molecule has 5 aromatic rings. The van der Waals surface area contributed by atoms with E-state index in [0.29, 0.717) is 33.1 Å². The van der Waals surface area contributed by atoms with E-state index in [2.05, 4.69) is 10.3 Å². The van der Waals surface area contributed by atoms with Gasteiger partial charge in [0.2, 0.25) is 11.8 Å². The Morgan fingerprint density at radius 1 is 0.889 bits per heavy atom. The van der Waals surface area contributed by atoms with Crippen LogP contribution in [0, 0.1) is 20.8 Å². The molecule has 36 heavy (non-hydrogen) atoms. The molecule has 0 aliphatic rings. The van der Waals surface area contributed by atoms with Gasteiger partial charge in [0.15, 0.2) is 5.58 Å². The molecule has 0 aliphatic heterocycles. The summed E-state index contributed by atoms with van der Waals surface area (Å²) in [6.45, 7) is 6.02. The van der Waals surface area contributed by atoms with Gasteiger partial charge in [-0.2, -0.15) is 0 Å². The minimum absolute atomic E-state index is 0.290. The summed E-state index contributed by atoms with van der Waals surface area (Å²) in [7, 11) is 0. The molecule has 0 aliphatic carbocycles. The Labute approximate surface area is 218 Å². The molecule has 2 aromatic heterocycles. The predicted octanol–water partition coefficient (Wildman–Crippen LogP) is 8.64. The van der Waals surface area contributed by atoms with E-state index in [1.807, 2.05) is 51.1 Å². The van der Waals surface area contributed by atoms with Crippen LogP contribution >= 0.6 is 23.2 Å². The number of benzene rings is 3. The van der Waals surface area contributed by atoms with E-state index < -0.39 is 0 Å². The first-order valence-electron chi connectivity index (χ1n) is 11.3. The Morgan fingerprint density at radius 2 is 1.69 bits per heavy atom. The fourth-order valence-corrected chi connectivity index (χ4v) is 4.30. The molecule has 0 bridgehead atoms. The number of carbonyl (C=O) groups excluding carboxylic acids is 1. The highest BCUT2D eigenvalue weighted by Crippen LogP contribution is 2.32. The van der Waals surface area contributed by atoms with Gasteiger partial charge in [0.1, 0.15) is 17.0 Å². The van der Waals surface area contributed by atoms with Crippen LogP contribution in [-0.4, -0.2) is 10.9 Å². The van der Waals surface area contributed by atoms with E-state index in [1.54, 1.807) is 36.4 Å². The van der Waals surface area contributed by atoms with E-state index in [4.69, 9.17) is 32.0 Å². The van der Waals surface area contributed by atoms with Crippen molar-refractivity contribution in [1.29, 1.82) is 0 Å². The highest BCUT2D eigenvalue weighted by atomic mass is 35.5. The number of aryl methyl sites for hydroxylation is 3. The zero-order chi connectivity index (χ0) is 25.4. The van der Waals surface area contributed by atoms with Crippen molar-refractivity contribution in [1.82, 2.24) is 4.98 Å². The normalized spacial score (nSPS) is 11.5. The van der Waals surface area contributed by atoms with E-state index in [9.17, 15) is 4.79 Å². The van der Waals surface area contributed by atoms with Crippen LogP contribution in [0.4, 0.5) is 5.69 Å².